The number of hydrogen-bond acceptors (Lipinski definition) is 6. The van der Waals surface area contributed by atoms with Gasteiger partial charge in [-0.3, -0.25) is 4.98 Å². The second kappa shape index (κ2) is 6.95. The number of carbonyl (C=O) groups is 1. The molecule has 6 nitrogen and oxygen atoms in total. The lowest BCUT2D eigenvalue weighted by Crippen LogP contribution is -2.06. The number of aryl methyl sites for hydroxylation is 1. The molecule has 9 heteroatoms. The summed E-state index contributed by atoms with van der Waals surface area (Å²) in [6.45, 7) is 1.47. The van der Waals surface area contributed by atoms with Gasteiger partial charge in [-0.05, 0) is 31.2 Å². The number of benzene rings is 1. The van der Waals surface area contributed by atoms with Crippen LogP contribution in [0.2, 0.25) is 0 Å². The average Bonchev–Trinajstić information content (AvgIpc) is 3.09. The van der Waals surface area contributed by atoms with Crippen LogP contribution in [0.1, 0.15) is 27.5 Å². The van der Waals surface area contributed by atoms with Crippen molar-refractivity contribution in [1.29, 1.82) is 0 Å². The van der Waals surface area contributed by atoms with Crippen LogP contribution in [0.4, 0.5) is 13.2 Å². The van der Waals surface area contributed by atoms with E-state index in [0.29, 0.717) is 0 Å². The first kappa shape index (κ1) is 17.6. The molecular formula is C17H12F3N3O3. The molecule has 0 radical (unpaired) electrons. The topological polar surface area (TPSA) is 78.1 Å². The van der Waals surface area contributed by atoms with E-state index in [1.165, 1.54) is 18.3 Å². The Balaban J connectivity index is 1.68. The number of aromatic nitrogens is 3. The molecule has 3 aromatic rings. The molecule has 26 heavy (non-hydrogen) atoms. The standard InChI is InChI=1S/C17H12F3N3O3/c1-10-5-6-12(8-21-10)16(24)25-9-14-22-15(23-26-14)11-3-2-4-13(7-11)17(18,19)20/h2-8H,9H2,1H3. The number of hydrogen-bond donors (Lipinski definition) is 0. The number of rotatable bonds is 4. The number of carbonyl (C=O) groups excluding carboxylic acids is 1. The lowest BCUT2D eigenvalue weighted by Gasteiger charge is -2.06. The number of nitrogens with zero attached hydrogens (tertiary/aromatic N) is 3. The van der Waals surface area contributed by atoms with Crippen molar-refractivity contribution in [2.75, 3.05) is 0 Å². The zero-order valence-corrected chi connectivity index (χ0v) is 13.4. The van der Waals surface area contributed by atoms with E-state index >= 15 is 0 Å². The number of ether oxygens (including phenoxy) is 1. The molecule has 1 aromatic carbocycles. The van der Waals surface area contributed by atoms with Gasteiger partial charge in [-0.25, -0.2) is 4.79 Å². The first-order chi connectivity index (χ1) is 12.3. The van der Waals surface area contributed by atoms with Crippen LogP contribution in [-0.4, -0.2) is 21.1 Å². The average molecular weight is 363 g/mol. The van der Waals surface area contributed by atoms with E-state index < -0.39 is 17.7 Å². The summed E-state index contributed by atoms with van der Waals surface area (Å²) in [5.74, 6) is -0.693. The quantitative estimate of drug-likeness (QED) is 0.656. The van der Waals surface area contributed by atoms with Crippen LogP contribution in [-0.2, 0) is 17.5 Å². The second-order valence-corrected chi connectivity index (χ2v) is 5.35. The van der Waals surface area contributed by atoms with Crippen molar-refractivity contribution < 1.29 is 27.2 Å². The van der Waals surface area contributed by atoms with Crippen LogP contribution in [0.5, 0.6) is 0 Å². The highest BCUT2D eigenvalue weighted by Gasteiger charge is 2.30. The Kier molecular flexibility index (Phi) is 4.70. The maximum atomic E-state index is 12.8. The normalized spacial score (nSPS) is 11.4. The van der Waals surface area contributed by atoms with Crippen molar-refractivity contribution in [3.8, 4) is 11.4 Å². The molecule has 2 heterocycles. The van der Waals surface area contributed by atoms with Gasteiger partial charge in [-0.1, -0.05) is 17.3 Å². The Bertz CT molecular complexity index is 921. The molecular weight excluding hydrogens is 351 g/mol. The zero-order chi connectivity index (χ0) is 18.7. The van der Waals surface area contributed by atoms with Gasteiger partial charge in [0.25, 0.3) is 5.89 Å². The molecule has 0 spiro atoms. The summed E-state index contributed by atoms with van der Waals surface area (Å²) < 4.78 is 48.2. The molecule has 0 bridgehead atoms. The Morgan fingerprint density at radius 2 is 2.04 bits per heavy atom. The van der Waals surface area contributed by atoms with E-state index in [2.05, 4.69) is 15.1 Å². The van der Waals surface area contributed by atoms with E-state index in [-0.39, 0.29) is 29.4 Å². The van der Waals surface area contributed by atoms with Crippen LogP contribution >= 0.6 is 0 Å². The minimum absolute atomic E-state index is 0.0286. The first-order valence-corrected chi connectivity index (χ1v) is 7.43. The summed E-state index contributed by atoms with van der Waals surface area (Å²) in [7, 11) is 0. The van der Waals surface area contributed by atoms with Crippen molar-refractivity contribution in [3.63, 3.8) is 0 Å². The fourth-order valence-corrected chi connectivity index (χ4v) is 2.06. The third-order valence-electron chi connectivity index (χ3n) is 3.39. The summed E-state index contributed by atoms with van der Waals surface area (Å²) in [4.78, 5) is 19.8. The molecule has 0 saturated heterocycles. The van der Waals surface area contributed by atoms with Crippen LogP contribution in [0.25, 0.3) is 11.4 Å². The van der Waals surface area contributed by atoms with Gasteiger partial charge < -0.3 is 9.26 Å². The zero-order valence-electron chi connectivity index (χ0n) is 13.4. The number of halogens is 3. The van der Waals surface area contributed by atoms with Gasteiger partial charge in [-0.2, -0.15) is 18.2 Å². The molecule has 0 amide bonds. The predicted molar refractivity (Wildman–Crippen MR) is 82.8 cm³/mol. The van der Waals surface area contributed by atoms with Crippen molar-refractivity contribution >= 4 is 5.97 Å². The summed E-state index contributed by atoms with van der Waals surface area (Å²) >= 11 is 0. The fourth-order valence-electron chi connectivity index (χ4n) is 2.06. The molecule has 2 aromatic heterocycles. The van der Waals surface area contributed by atoms with E-state index in [9.17, 15) is 18.0 Å². The second-order valence-electron chi connectivity index (χ2n) is 5.35. The van der Waals surface area contributed by atoms with E-state index in [0.717, 1.165) is 17.8 Å². The van der Waals surface area contributed by atoms with Gasteiger partial charge in [-0.15, -0.1) is 0 Å². The third-order valence-corrected chi connectivity index (χ3v) is 3.39. The Labute approximate surface area is 145 Å². The summed E-state index contributed by atoms with van der Waals surface area (Å²) in [6.07, 6.45) is -3.10. The number of alkyl halides is 3. The van der Waals surface area contributed by atoms with Crippen LogP contribution < -0.4 is 0 Å². The van der Waals surface area contributed by atoms with Gasteiger partial charge >= 0.3 is 12.1 Å². The molecule has 0 atom stereocenters. The van der Waals surface area contributed by atoms with E-state index in [1.807, 2.05) is 0 Å². The minimum atomic E-state index is -4.47. The van der Waals surface area contributed by atoms with E-state index in [4.69, 9.17) is 9.26 Å². The summed E-state index contributed by atoms with van der Waals surface area (Å²) in [5.41, 5.74) is 0.334. The molecule has 0 aliphatic heterocycles. The van der Waals surface area contributed by atoms with Gasteiger partial charge in [0.2, 0.25) is 5.82 Å². The molecule has 0 fully saturated rings. The molecule has 3 rings (SSSR count). The fraction of sp³-hybridized carbons (Fsp3) is 0.176. The smallest absolute Gasteiger partial charge is 0.416 e. The monoisotopic (exact) mass is 363 g/mol. The van der Waals surface area contributed by atoms with Crippen molar-refractivity contribution in [1.82, 2.24) is 15.1 Å². The highest BCUT2D eigenvalue weighted by atomic mass is 19.4. The van der Waals surface area contributed by atoms with Crippen LogP contribution in [0.15, 0.2) is 47.1 Å². The van der Waals surface area contributed by atoms with E-state index in [1.54, 1.807) is 19.1 Å². The number of pyridine rings is 1. The highest BCUT2D eigenvalue weighted by Crippen LogP contribution is 2.31. The van der Waals surface area contributed by atoms with Gasteiger partial charge in [0.15, 0.2) is 6.61 Å². The summed E-state index contributed by atoms with van der Waals surface area (Å²) in [6, 6.07) is 7.76. The SMILES string of the molecule is Cc1ccc(C(=O)OCc2nc(-c3cccc(C(F)(F)F)c3)no2)cn1. The van der Waals surface area contributed by atoms with Crippen LogP contribution in [0.3, 0.4) is 0 Å². The van der Waals surface area contributed by atoms with Gasteiger partial charge in [0, 0.05) is 17.5 Å². The Morgan fingerprint density at radius 1 is 1.23 bits per heavy atom. The van der Waals surface area contributed by atoms with Crippen molar-refractivity contribution in [3.05, 3.63) is 65.3 Å². The molecule has 0 aliphatic rings. The largest absolute Gasteiger partial charge is 0.452 e. The first-order valence-electron chi connectivity index (χ1n) is 7.43. The molecule has 0 unspecified atom stereocenters. The number of esters is 1. The Morgan fingerprint density at radius 3 is 2.73 bits per heavy atom. The van der Waals surface area contributed by atoms with Gasteiger partial charge in [0.1, 0.15) is 0 Å². The molecule has 134 valence electrons. The maximum Gasteiger partial charge on any atom is 0.416 e. The minimum Gasteiger partial charge on any atom is -0.452 e. The van der Waals surface area contributed by atoms with Crippen molar-refractivity contribution in [2.24, 2.45) is 0 Å². The maximum absolute atomic E-state index is 12.8. The highest BCUT2D eigenvalue weighted by molar-refractivity contribution is 5.88. The van der Waals surface area contributed by atoms with Crippen LogP contribution in [0, 0.1) is 6.92 Å². The van der Waals surface area contributed by atoms with Gasteiger partial charge in [0.05, 0.1) is 11.1 Å². The molecule has 0 aliphatic carbocycles. The third kappa shape index (κ3) is 4.05. The predicted octanol–water partition coefficient (Wildman–Crippen LogP) is 3.82. The molecule has 0 N–H and O–H groups in total. The summed E-state index contributed by atoms with van der Waals surface area (Å²) in [5, 5.41) is 3.61. The molecule has 0 saturated carbocycles. The lowest BCUT2D eigenvalue weighted by molar-refractivity contribution is -0.137. The van der Waals surface area contributed by atoms with Crippen molar-refractivity contribution in [2.45, 2.75) is 19.7 Å². The Hall–Kier alpha value is -3.23. The lowest BCUT2D eigenvalue weighted by atomic mass is 10.1.